The topological polar surface area (TPSA) is 47.6 Å². The van der Waals surface area contributed by atoms with Gasteiger partial charge in [-0.25, -0.2) is 0 Å². The minimum absolute atomic E-state index is 0.103. The Morgan fingerprint density at radius 3 is 2.55 bits per heavy atom. The Balaban J connectivity index is 2.07. The zero-order chi connectivity index (χ0) is 14.6. The van der Waals surface area contributed by atoms with Gasteiger partial charge in [-0.3, -0.25) is 4.79 Å². The lowest BCUT2D eigenvalue weighted by molar-refractivity contribution is -0.143. The highest BCUT2D eigenvalue weighted by atomic mass is 16.5. The Hall–Kier alpha value is -1.55. The van der Waals surface area contributed by atoms with Gasteiger partial charge in [0.15, 0.2) is 0 Å². The Labute approximate surface area is 121 Å². The molecular formula is C16H25NO3. The van der Waals surface area contributed by atoms with Gasteiger partial charge in [-0.1, -0.05) is 12.1 Å². The zero-order valence-corrected chi connectivity index (χ0v) is 12.5. The van der Waals surface area contributed by atoms with Gasteiger partial charge in [-0.2, -0.15) is 0 Å². The van der Waals surface area contributed by atoms with Crippen molar-refractivity contribution in [3.63, 3.8) is 0 Å². The first-order chi connectivity index (χ1) is 9.76. The molecule has 0 saturated carbocycles. The summed E-state index contributed by atoms with van der Waals surface area (Å²) in [5, 5.41) is 3.11. The zero-order valence-electron chi connectivity index (χ0n) is 12.5. The summed E-state index contributed by atoms with van der Waals surface area (Å²) >= 11 is 0. The van der Waals surface area contributed by atoms with Crippen LogP contribution in [0.4, 0.5) is 0 Å². The maximum absolute atomic E-state index is 11.1. The first-order valence-corrected chi connectivity index (χ1v) is 7.28. The summed E-state index contributed by atoms with van der Waals surface area (Å²) in [7, 11) is 1.93. The predicted octanol–water partition coefficient (Wildman–Crippen LogP) is 2.91. The Kier molecular flexibility index (Phi) is 8.47. The highest BCUT2D eigenvalue weighted by molar-refractivity contribution is 5.69. The standard InChI is InChI=1S/C16H25NO3/c1-3-19-16(18)7-5-4-6-12-20-15-10-8-14(9-11-15)13-17-2/h8-11,17H,3-7,12-13H2,1-2H3. The molecule has 0 saturated heterocycles. The predicted molar refractivity (Wildman–Crippen MR) is 79.8 cm³/mol. The van der Waals surface area contributed by atoms with Crippen LogP contribution >= 0.6 is 0 Å². The largest absolute Gasteiger partial charge is 0.494 e. The highest BCUT2D eigenvalue weighted by Gasteiger charge is 2.01. The van der Waals surface area contributed by atoms with Crippen molar-refractivity contribution < 1.29 is 14.3 Å². The minimum atomic E-state index is -0.103. The van der Waals surface area contributed by atoms with E-state index in [9.17, 15) is 4.79 Å². The number of hydrogen-bond acceptors (Lipinski definition) is 4. The third kappa shape index (κ3) is 7.14. The molecule has 1 aromatic carbocycles. The molecule has 0 radical (unpaired) electrons. The second kappa shape index (κ2) is 10.3. The van der Waals surface area contributed by atoms with Gasteiger partial charge in [0.05, 0.1) is 13.2 Å². The number of ether oxygens (including phenoxy) is 2. The molecule has 4 heteroatoms. The molecule has 0 fully saturated rings. The number of unbranched alkanes of at least 4 members (excludes halogenated alkanes) is 2. The first kappa shape index (κ1) is 16.5. The van der Waals surface area contributed by atoms with E-state index >= 15 is 0 Å². The van der Waals surface area contributed by atoms with E-state index in [1.165, 1.54) is 5.56 Å². The van der Waals surface area contributed by atoms with Crippen LogP contribution in [-0.4, -0.2) is 26.2 Å². The van der Waals surface area contributed by atoms with E-state index in [0.29, 0.717) is 19.6 Å². The molecule has 20 heavy (non-hydrogen) atoms. The van der Waals surface area contributed by atoms with Crippen LogP contribution < -0.4 is 10.1 Å². The smallest absolute Gasteiger partial charge is 0.305 e. The third-order valence-corrected chi connectivity index (χ3v) is 2.90. The fourth-order valence-corrected chi connectivity index (χ4v) is 1.88. The third-order valence-electron chi connectivity index (χ3n) is 2.90. The van der Waals surface area contributed by atoms with Gasteiger partial charge < -0.3 is 14.8 Å². The number of hydrogen-bond donors (Lipinski definition) is 1. The van der Waals surface area contributed by atoms with Gasteiger partial charge in [0.2, 0.25) is 0 Å². The van der Waals surface area contributed by atoms with E-state index in [4.69, 9.17) is 9.47 Å². The van der Waals surface area contributed by atoms with E-state index < -0.39 is 0 Å². The molecule has 0 aromatic heterocycles. The van der Waals surface area contributed by atoms with E-state index in [0.717, 1.165) is 31.6 Å². The van der Waals surface area contributed by atoms with Crippen molar-refractivity contribution in [2.45, 2.75) is 39.2 Å². The van der Waals surface area contributed by atoms with Crippen molar-refractivity contribution in [1.82, 2.24) is 5.32 Å². The first-order valence-electron chi connectivity index (χ1n) is 7.28. The number of nitrogens with one attached hydrogen (secondary N) is 1. The van der Waals surface area contributed by atoms with E-state index in [2.05, 4.69) is 17.4 Å². The molecule has 0 spiro atoms. The quantitative estimate of drug-likeness (QED) is 0.528. The average molecular weight is 279 g/mol. The molecule has 112 valence electrons. The second-order valence-electron chi connectivity index (χ2n) is 4.64. The van der Waals surface area contributed by atoms with Gasteiger partial charge in [-0.05, 0) is 50.9 Å². The lowest BCUT2D eigenvalue weighted by Gasteiger charge is -2.07. The van der Waals surface area contributed by atoms with E-state index in [-0.39, 0.29) is 5.97 Å². The summed E-state index contributed by atoms with van der Waals surface area (Å²) in [6.45, 7) is 3.85. The summed E-state index contributed by atoms with van der Waals surface area (Å²) in [6, 6.07) is 8.11. The number of benzene rings is 1. The van der Waals surface area contributed by atoms with Crippen molar-refractivity contribution in [2.24, 2.45) is 0 Å². The molecule has 0 atom stereocenters. The molecule has 0 aliphatic rings. The van der Waals surface area contributed by atoms with Crippen LogP contribution in [0, 0.1) is 0 Å². The Morgan fingerprint density at radius 1 is 1.15 bits per heavy atom. The molecule has 4 nitrogen and oxygen atoms in total. The summed E-state index contributed by atoms with van der Waals surface area (Å²) in [5.41, 5.74) is 1.24. The van der Waals surface area contributed by atoms with Crippen molar-refractivity contribution >= 4 is 5.97 Å². The summed E-state index contributed by atoms with van der Waals surface area (Å²) in [6.07, 6.45) is 3.31. The fraction of sp³-hybridized carbons (Fsp3) is 0.562. The molecule has 0 bridgehead atoms. The van der Waals surface area contributed by atoms with Crippen LogP contribution in [0.1, 0.15) is 38.2 Å². The van der Waals surface area contributed by atoms with Gasteiger partial charge in [0.25, 0.3) is 0 Å². The Bertz CT molecular complexity index is 376. The lowest BCUT2D eigenvalue weighted by atomic mass is 10.2. The minimum Gasteiger partial charge on any atom is -0.494 e. The molecule has 0 unspecified atom stereocenters. The van der Waals surface area contributed by atoms with Crippen LogP contribution in [0.25, 0.3) is 0 Å². The monoisotopic (exact) mass is 279 g/mol. The van der Waals surface area contributed by atoms with E-state index in [1.54, 1.807) is 0 Å². The number of esters is 1. The number of carbonyl (C=O) groups excluding carboxylic acids is 1. The van der Waals surface area contributed by atoms with Crippen molar-refractivity contribution in [3.8, 4) is 5.75 Å². The van der Waals surface area contributed by atoms with Crippen molar-refractivity contribution in [3.05, 3.63) is 29.8 Å². The molecular weight excluding hydrogens is 254 g/mol. The molecule has 0 amide bonds. The van der Waals surface area contributed by atoms with Crippen molar-refractivity contribution in [2.75, 3.05) is 20.3 Å². The maximum Gasteiger partial charge on any atom is 0.305 e. The average Bonchev–Trinajstić information content (AvgIpc) is 2.45. The van der Waals surface area contributed by atoms with Gasteiger partial charge in [0.1, 0.15) is 5.75 Å². The van der Waals surface area contributed by atoms with Gasteiger partial charge >= 0.3 is 5.97 Å². The normalized spacial score (nSPS) is 10.3. The molecule has 1 aromatic rings. The molecule has 0 heterocycles. The molecule has 0 aliphatic carbocycles. The van der Waals surface area contributed by atoms with Gasteiger partial charge in [0, 0.05) is 13.0 Å². The maximum atomic E-state index is 11.1. The fourth-order valence-electron chi connectivity index (χ4n) is 1.88. The summed E-state index contributed by atoms with van der Waals surface area (Å²) in [4.78, 5) is 11.1. The van der Waals surface area contributed by atoms with Crippen LogP contribution in [0.5, 0.6) is 5.75 Å². The van der Waals surface area contributed by atoms with Gasteiger partial charge in [-0.15, -0.1) is 0 Å². The van der Waals surface area contributed by atoms with Crippen LogP contribution in [0.15, 0.2) is 24.3 Å². The SMILES string of the molecule is CCOC(=O)CCCCCOc1ccc(CNC)cc1. The molecule has 0 aliphatic heterocycles. The summed E-state index contributed by atoms with van der Waals surface area (Å²) in [5.74, 6) is 0.795. The van der Waals surface area contributed by atoms with Crippen LogP contribution in [0.3, 0.4) is 0 Å². The highest BCUT2D eigenvalue weighted by Crippen LogP contribution is 2.13. The van der Waals surface area contributed by atoms with Crippen molar-refractivity contribution in [1.29, 1.82) is 0 Å². The lowest BCUT2D eigenvalue weighted by Crippen LogP contribution is -2.05. The van der Waals surface area contributed by atoms with Crippen LogP contribution in [-0.2, 0) is 16.1 Å². The van der Waals surface area contributed by atoms with Crippen LogP contribution in [0.2, 0.25) is 0 Å². The molecule has 1 rings (SSSR count). The Morgan fingerprint density at radius 2 is 1.90 bits per heavy atom. The summed E-state index contributed by atoms with van der Waals surface area (Å²) < 4.78 is 10.5. The number of rotatable bonds is 10. The second-order valence-corrected chi connectivity index (χ2v) is 4.64. The molecule has 1 N–H and O–H groups in total. The van der Waals surface area contributed by atoms with E-state index in [1.807, 2.05) is 26.1 Å². The number of carbonyl (C=O) groups is 1.